The van der Waals surface area contributed by atoms with Gasteiger partial charge in [-0.2, -0.15) is 36.3 Å². The van der Waals surface area contributed by atoms with Crippen LogP contribution in [-0.2, 0) is 0 Å². The van der Waals surface area contributed by atoms with Crippen molar-refractivity contribution in [1.29, 1.82) is 0 Å². The average Bonchev–Trinajstić information content (AvgIpc) is 2.63. The molecular formula is C16H13ClF6N4O3. The summed E-state index contributed by atoms with van der Waals surface area (Å²) in [5.41, 5.74) is 0.396. The molecular weight excluding hydrogens is 446 g/mol. The fourth-order valence-electron chi connectivity index (χ4n) is 1.88. The van der Waals surface area contributed by atoms with Crippen LogP contribution in [0.1, 0.15) is 0 Å². The second-order valence-electron chi connectivity index (χ2n) is 5.65. The number of amides is 2. The summed E-state index contributed by atoms with van der Waals surface area (Å²) in [5, 5.41) is 2.63. The van der Waals surface area contributed by atoms with Crippen molar-refractivity contribution in [2.45, 2.75) is 12.4 Å². The molecule has 0 saturated carbocycles. The average molecular weight is 459 g/mol. The van der Waals surface area contributed by atoms with Gasteiger partial charge in [-0.1, -0.05) is 11.6 Å². The van der Waals surface area contributed by atoms with Gasteiger partial charge in [0.1, 0.15) is 5.82 Å². The number of alkyl halides is 6. The molecule has 30 heavy (non-hydrogen) atoms. The number of carbonyl (C=O) groups excluding carboxylic acids is 1. The van der Waals surface area contributed by atoms with Gasteiger partial charge in [-0.25, -0.2) is 4.79 Å². The Labute approximate surface area is 170 Å². The van der Waals surface area contributed by atoms with Gasteiger partial charge < -0.3 is 9.47 Å². The van der Waals surface area contributed by atoms with Gasteiger partial charge >= 0.3 is 24.4 Å². The first-order chi connectivity index (χ1) is 13.8. The van der Waals surface area contributed by atoms with Gasteiger partial charge in [-0.15, -0.1) is 0 Å². The molecule has 14 heteroatoms. The first kappa shape index (κ1) is 23.3. The maximum Gasteiger partial charge on any atom is 0.422 e. The van der Waals surface area contributed by atoms with Crippen LogP contribution < -0.4 is 19.7 Å². The summed E-state index contributed by atoms with van der Waals surface area (Å²) < 4.78 is 82.8. The molecule has 0 spiro atoms. The van der Waals surface area contributed by atoms with E-state index in [9.17, 15) is 31.1 Å². The topological polar surface area (TPSA) is 76.6 Å². The largest absolute Gasteiger partial charge is 0.468 e. The van der Waals surface area contributed by atoms with E-state index in [0.29, 0.717) is 10.7 Å². The van der Waals surface area contributed by atoms with Crippen LogP contribution in [-0.4, -0.2) is 48.6 Å². The maximum atomic E-state index is 12.3. The molecule has 0 unspecified atom stereocenters. The van der Waals surface area contributed by atoms with Crippen molar-refractivity contribution < 1.29 is 40.6 Å². The van der Waals surface area contributed by atoms with E-state index in [1.165, 1.54) is 31.3 Å². The van der Waals surface area contributed by atoms with Crippen LogP contribution in [0, 0.1) is 0 Å². The van der Waals surface area contributed by atoms with Crippen molar-refractivity contribution in [3.63, 3.8) is 0 Å². The standard InChI is InChI=1S/C16H13ClF6N4O3/c1-27(10-4-2-9(17)3-5-10)14(28)25-11-6-12(29-7-15(18,19)20)26-13(24-11)30-8-16(21,22)23/h2-6H,7-8H2,1H3,(H,24,25,26,28). The molecule has 0 fully saturated rings. The highest BCUT2D eigenvalue weighted by molar-refractivity contribution is 6.30. The third kappa shape index (κ3) is 7.81. The van der Waals surface area contributed by atoms with Gasteiger partial charge in [0.15, 0.2) is 13.2 Å². The predicted octanol–water partition coefficient (Wildman–Crippen LogP) is 4.68. The van der Waals surface area contributed by atoms with Gasteiger partial charge in [-0.05, 0) is 24.3 Å². The zero-order valence-electron chi connectivity index (χ0n) is 15.0. The number of hydrogen-bond acceptors (Lipinski definition) is 5. The first-order valence-corrected chi connectivity index (χ1v) is 8.29. The number of hydrogen-bond donors (Lipinski definition) is 1. The van der Waals surface area contributed by atoms with Crippen LogP contribution in [0.5, 0.6) is 11.9 Å². The van der Waals surface area contributed by atoms with E-state index in [4.69, 9.17) is 11.6 Å². The van der Waals surface area contributed by atoms with Crippen molar-refractivity contribution in [1.82, 2.24) is 9.97 Å². The molecule has 164 valence electrons. The minimum atomic E-state index is -4.75. The van der Waals surface area contributed by atoms with E-state index in [0.717, 1.165) is 11.0 Å². The lowest BCUT2D eigenvalue weighted by Crippen LogP contribution is -2.31. The molecule has 1 aromatic heterocycles. The maximum absolute atomic E-state index is 12.3. The third-order valence-corrected chi connectivity index (χ3v) is 3.44. The quantitative estimate of drug-likeness (QED) is 0.636. The number of nitrogens with zero attached hydrogens (tertiary/aromatic N) is 3. The molecule has 7 nitrogen and oxygen atoms in total. The number of rotatable bonds is 6. The van der Waals surface area contributed by atoms with Gasteiger partial charge in [0.2, 0.25) is 5.88 Å². The Morgan fingerprint density at radius 3 is 2.17 bits per heavy atom. The van der Waals surface area contributed by atoms with E-state index >= 15 is 0 Å². The number of halogens is 7. The van der Waals surface area contributed by atoms with Crippen molar-refractivity contribution in [3.05, 3.63) is 35.4 Å². The van der Waals surface area contributed by atoms with Crippen molar-refractivity contribution in [3.8, 4) is 11.9 Å². The Bertz CT molecular complexity index is 841. The van der Waals surface area contributed by atoms with Crippen molar-refractivity contribution in [2.24, 2.45) is 0 Å². The fraction of sp³-hybridized carbons (Fsp3) is 0.312. The Morgan fingerprint density at radius 1 is 1.03 bits per heavy atom. The van der Waals surface area contributed by atoms with Crippen molar-refractivity contribution >= 4 is 29.1 Å². The zero-order valence-corrected chi connectivity index (χ0v) is 15.8. The number of nitrogens with one attached hydrogen (secondary N) is 1. The summed E-state index contributed by atoms with van der Waals surface area (Å²) in [5.74, 6) is -1.19. The predicted molar refractivity (Wildman–Crippen MR) is 94.0 cm³/mol. The Kier molecular flexibility index (Phi) is 7.18. The molecule has 0 radical (unpaired) electrons. The lowest BCUT2D eigenvalue weighted by atomic mass is 10.3. The van der Waals surface area contributed by atoms with Gasteiger partial charge in [0.25, 0.3) is 0 Å². The summed E-state index contributed by atoms with van der Waals surface area (Å²) in [7, 11) is 1.36. The molecule has 0 atom stereocenters. The Balaban J connectivity index is 2.20. The highest BCUT2D eigenvalue weighted by Gasteiger charge is 2.30. The van der Waals surface area contributed by atoms with Crippen LogP contribution >= 0.6 is 11.6 Å². The summed E-state index contributed by atoms with van der Waals surface area (Å²) in [4.78, 5) is 20.3. The molecule has 1 aromatic carbocycles. The second-order valence-corrected chi connectivity index (χ2v) is 6.08. The molecule has 2 rings (SSSR count). The molecule has 1 heterocycles. The number of benzene rings is 1. The lowest BCUT2D eigenvalue weighted by molar-refractivity contribution is -0.155. The molecule has 1 N–H and O–H groups in total. The first-order valence-electron chi connectivity index (χ1n) is 7.91. The molecule has 0 aliphatic carbocycles. The van der Waals surface area contributed by atoms with E-state index < -0.39 is 49.3 Å². The van der Waals surface area contributed by atoms with Gasteiger partial charge in [0.05, 0.1) is 0 Å². The van der Waals surface area contributed by atoms with Crippen LogP contribution in [0.2, 0.25) is 5.02 Å². The number of carbonyl (C=O) groups is 1. The molecule has 0 saturated heterocycles. The lowest BCUT2D eigenvalue weighted by Gasteiger charge is -2.18. The van der Waals surface area contributed by atoms with Crippen LogP contribution in [0.3, 0.4) is 0 Å². The smallest absolute Gasteiger partial charge is 0.422 e. The number of anilines is 2. The number of aromatic nitrogens is 2. The SMILES string of the molecule is CN(C(=O)Nc1cc(OCC(F)(F)F)nc(OCC(F)(F)F)n1)c1ccc(Cl)cc1. The molecule has 2 amide bonds. The van der Waals surface area contributed by atoms with Gasteiger partial charge in [0, 0.05) is 23.8 Å². The molecule has 0 bridgehead atoms. The molecule has 0 aliphatic rings. The Hall–Kier alpha value is -2.96. The Morgan fingerprint density at radius 2 is 1.60 bits per heavy atom. The van der Waals surface area contributed by atoms with Crippen LogP contribution in [0.25, 0.3) is 0 Å². The summed E-state index contributed by atoms with van der Waals surface area (Å²) in [6.45, 7) is -3.56. The summed E-state index contributed by atoms with van der Waals surface area (Å²) >= 11 is 5.76. The third-order valence-electron chi connectivity index (χ3n) is 3.18. The zero-order chi connectivity index (χ0) is 22.5. The number of urea groups is 1. The van der Waals surface area contributed by atoms with Crippen molar-refractivity contribution in [2.75, 3.05) is 30.5 Å². The second kappa shape index (κ2) is 9.24. The summed E-state index contributed by atoms with van der Waals surface area (Å²) in [6, 6.07) is 5.11. The number of ether oxygens (including phenoxy) is 2. The van der Waals surface area contributed by atoms with E-state index in [2.05, 4.69) is 24.8 Å². The van der Waals surface area contributed by atoms with E-state index in [1.807, 2.05) is 0 Å². The normalized spacial score (nSPS) is 11.7. The summed E-state index contributed by atoms with van der Waals surface area (Å²) in [6.07, 6.45) is -9.47. The van der Waals surface area contributed by atoms with E-state index in [-0.39, 0.29) is 0 Å². The van der Waals surface area contributed by atoms with Crippen LogP contribution in [0.15, 0.2) is 30.3 Å². The minimum absolute atomic E-state index is 0.396. The van der Waals surface area contributed by atoms with E-state index in [1.54, 1.807) is 0 Å². The van der Waals surface area contributed by atoms with Crippen LogP contribution in [0.4, 0.5) is 42.6 Å². The van der Waals surface area contributed by atoms with Gasteiger partial charge in [-0.3, -0.25) is 10.2 Å². The molecule has 2 aromatic rings. The fourth-order valence-corrected chi connectivity index (χ4v) is 2.01. The highest BCUT2D eigenvalue weighted by atomic mass is 35.5. The highest BCUT2D eigenvalue weighted by Crippen LogP contribution is 2.24. The minimum Gasteiger partial charge on any atom is -0.468 e. The molecule has 0 aliphatic heterocycles. The monoisotopic (exact) mass is 458 g/mol.